The molecule has 0 aliphatic carbocycles. The zero-order valence-corrected chi connectivity index (χ0v) is 11.8. The number of para-hydroxylation sites is 1. The van der Waals surface area contributed by atoms with Crippen LogP contribution in [0.2, 0.25) is 5.02 Å². The lowest BCUT2D eigenvalue weighted by Gasteiger charge is -2.02. The van der Waals surface area contributed by atoms with Crippen LogP contribution >= 0.6 is 11.6 Å². The molecule has 7 heteroatoms. The van der Waals surface area contributed by atoms with Crippen molar-refractivity contribution in [3.63, 3.8) is 0 Å². The lowest BCUT2D eigenvalue weighted by molar-refractivity contribution is 0.102. The average molecular weight is 303 g/mol. The maximum atomic E-state index is 12.2. The average Bonchev–Trinajstić information content (AvgIpc) is 2.83. The number of hydrogen-bond donors (Lipinski definition) is 3. The number of anilines is 1. The molecule has 0 saturated heterocycles. The number of carbonyl (C=O) groups excluding carboxylic acids is 1. The highest BCUT2D eigenvalue weighted by Crippen LogP contribution is 2.23. The van der Waals surface area contributed by atoms with E-state index in [4.69, 9.17) is 11.6 Å². The summed E-state index contributed by atoms with van der Waals surface area (Å²) in [5.41, 5.74) is 0.717. The van der Waals surface area contributed by atoms with Gasteiger partial charge in [0, 0.05) is 11.5 Å². The Hall–Kier alpha value is -2.60. The molecule has 21 heavy (non-hydrogen) atoms. The third kappa shape index (κ3) is 2.66. The van der Waals surface area contributed by atoms with Gasteiger partial charge >= 0.3 is 0 Å². The summed E-state index contributed by atoms with van der Waals surface area (Å²) in [5.74, 6) is 0.239. The molecule has 1 amide bonds. The minimum absolute atomic E-state index is 0.200. The molecule has 1 aromatic carbocycles. The molecule has 6 nitrogen and oxygen atoms in total. The van der Waals surface area contributed by atoms with Crippen LogP contribution in [-0.4, -0.2) is 20.9 Å². The van der Waals surface area contributed by atoms with Gasteiger partial charge in [0.1, 0.15) is 17.3 Å². The molecule has 3 rings (SSSR count). The summed E-state index contributed by atoms with van der Waals surface area (Å²) in [4.78, 5) is 33.0. The first-order valence-electron chi connectivity index (χ1n) is 6.19. The first-order valence-corrected chi connectivity index (χ1v) is 6.57. The Balaban J connectivity index is 1.93. The predicted molar refractivity (Wildman–Crippen MR) is 80.9 cm³/mol. The molecule has 0 aliphatic heterocycles. The van der Waals surface area contributed by atoms with E-state index in [0.29, 0.717) is 22.1 Å². The number of halogens is 1. The molecule has 0 aliphatic rings. The third-order valence-corrected chi connectivity index (χ3v) is 3.27. The van der Waals surface area contributed by atoms with Gasteiger partial charge in [-0.2, -0.15) is 0 Å². The fourth-order valence-corrected chi connectivity index (χ4v) is 2.30. The molecule has 0 fully saturated rings. The van der Waals surface area contributed by atoms with Crippen molar-refractivity contribution in [3.05, 3.63) is 57.2 Å². The van der Waals surface area contributed by atoms with Crippen molar-refractivity contribution >= 4 is 34.2 Å². The van der Waals surface area contributed by atoms with E-state index in [1.54, 1.807) is 19.1 Å². The second kappa shape index (κ2) is 5.06. The quantitative estimate of drug-likeness (QED) is 0.679. The van der Waals surface area contributed by atoms with Gasteiger partial charge in [0.25, 0.3) is 11.5 Å². The van der Waals surface area contributed by atoms with Gasteiger partial charge in [0.15, 0.2) is 0 Å². The van der Waals surface area contributed by atoms with Gasteiger partial charge in [0.2, 0.25) is 0 Å². The number of amides is 1. The molecule has 2 aromatic heterocycles. The van der Waals surface area contributed by atoms with E-state index in [0.717, 1.165) is 5.39 Å². The fraction of sp³-hybridized carbons (Fsp3) is 0.0714. The fourth-order valence-electron chi connectivity index (χ4n) is 2.07. The summed E-state index contributed by atoms with van der Waals surface area (Å²) in [6.45, 7) is 1.64. The molecule has 0 unspecified atom stereocenters. The number of carbonyl (C=O) groups is 1. The molecule has 0 spiro atoms. The molecule has 0 atom stereocenters. The van der Waals surface area contributed by atoms with Crippen LogP contribution in [0.25, 0.3) is 10.9 Å². The van der Waals surface area contributed by atoms with Crippen LogP contribution in [0.5, 0.6) is 0 Å². The van der Waals surface area contributed by atoms with E-state index < -0.39 is 0 Å². The van der Waals surface area contributed by atoms with Crippen molar-refractivity contribution in [1.82, 2.24) is 15.0 Å². The number of fused-ring (bicyclic) bond motifs is 1. The van der Waals surface area contributed by atoms with Crippen molar-refractivity contribution in [3.8, 4) is 0 Å². The Morgan fingerprint density at radius 1 is 1.29 bits per heavy atom. The topological polar surface area (TPSA) is 90.6 Å². The maximum Gasteiger partial charge on any atom is 0.273 e. The van der Waals surface area contributed by atoms with Crippen LogP contribution < -0.4 is 10.9 Å². The van der Waals surface area contributed by atoms with Gasteiger partial charge in [-0.3, -0.25) is 9.59 Å². The number of nitrogens with one attached hydrogen (secondary N) is 3. The van der Waals surface area contributed by atoms with E-state index in [1.165, 1.54) is 6.07 Å². The molecule has 2 heterocycles. The number of benzene rings is 1. The number of aryl methyl sites for hydroxylation is 1. The number of aromatic nitrogens is 3. The summed E-state index contributed by atoms with van der Waals surface area (Å²) >= 11 is 6.06. The molecule has 106 valence electrons. The van der Waals surface area contributed by atoms with E-state index in [9.17, 15) is 9.59 Å². The lowest BCUT2D eigenvalue weighted by atomic mass is 10.2. The number of H-pyrrole nitrogens is 2. The summed E-state index contributed by atoms with van der Waals surface area (Å²) in [5, 5.41) is 3.95. The first kappa shape index (κ1) is 13.4. The lowest BCUT2D eigenvalue weighted by Crippen LogP contribution is -2.17. The van der Waals surface area contributed by atoms with Crippen LogP contribution in [0.4, 0.5) is 5.82 Å². The molecule has 3 N–H and O–H groups in total. The number of rotatable bonds is 2. The SMILES string of the molecule is Cc1nc(NC(=O)c2cc3cccc(Cl)c3[nH]2)cc(=O)[nH]1. The molecule has 0 bridgehead atoms. The third-order valence-electron chi connectivity index (χ3n) is 2.95. The molecule has 3 aromatic rings. The smallest absolute Gasteiger partial charge is 0.273 e. The molecular formula is C14H11ClN4O2. The standard InChI is InChI=1S/C14H11ClN4O2/c1-7-16-11(6-12(20)17-7)19-14(21)10-5-8-3-2-4-9(15)13(8)18-10/h2-6,18H,1H3,(H2,16,17,19,20,21). The number of hydrogen-bond acceptors (Lipinski definition) is 3. The summed E-state index contributed by atoms with van der Waals surface area (Å²) in [6.07, 6.45) is 0. The Bertz CT molecular complexity index is 897. The Morgan fingerprint density at radius 3 is 2.81 bits per heavy atom. The Labute approximate surface area is 124 Å². The maximum absolute atomic E-state index is 12.2. The highest BCUT2D eigenvalue weighted by molar-refractivity contribution is 6.35. The van der Waals surface area contributed by atoms with Crippen LogP contribution in [0.3, 0.4) is 0 Å². The first-order chi connectivity index (χ1) is 10.0. The highest BCUT2D eigenvalue weighted by Gasteiger charge is 2.12. The van der Waals surface area contributed by atoms with E-state index in [1.807, 2.05) is 12.1 Å². The van der Waals surface area contributed by atoms with E-state index in [2.05, 4.69) is 20.3 Å². The monoisotopic (exact) mass is 302 g/mol. The van der Waals surface area contributed by atoms with Crippen molar-refractivity contribution in [2.75, 3.05) is 5.32 Å². The van der Waals surface area contributed by atoms with Crippen molar-refractivity contribution in [1.29, 1.82) is 0 Å². The molecular weight excluding hydrogens is 292 g/mol. The van der Waals surface area contributed by atoms with Gasteiger partial charge in [-0.15, -0.1) is 0 Å². The van der Waals surface area contributed by atoms with Crippen molar-refractivity contribution in [2.24, 2.45) is 0 Å². The Morgan fingerprint density at radius 2 is 2.10 bits per heavy atom. The van der Waals surface area contributed by atoms with Gasteiger partial charge in [-0.05, 0) is 19.1 Å². The minimum Gasteiger partial charge on any atom is -0.349 e. The predicted octanol–water partition coefficient (Wildman–Crippen LogP) is 2.47. The van der Waals surface area contributed by atoms with Gasteiger partial charge in [-0.25, -0.2) is 4.98 Å². The normalized spacial score (nSPS) is 10.8. The summed E-state index contributed by atoms with van der Waals surface area (Å²) < 4.78 is 0. The molecule has 0 saturated carbocycles. The van der Waals surface area contributed by atoms with Gasteiger partial charge in [-0.1, -0.05) is 23.7 Å². The number of nitrogens with zero attached hydrogens (tertiary/aromatic N) is 1. The Kier molecular flexibility index (Phi) is 3.23. The van der Waals surface area contributed by atoms with E-state index >= 15 is 0 Å². The highest BCUT2D eigenvalue weighted by atomic mass is 35.5. The zero-order valence-electron chi connectivity index (χ0n) is 11.0. The van der Waals surface area contributed by atoms with Crippen LogP contribution in [0, 0.1) is 6.92 Å². The van der Waals surface area contributed by atoms with Crippen LogP contribution in [-0.2, 0) is 0 Å². The van der Waals surface area contributed by atoms with Gasteiger partial charge < -0.3 is 15.3 Å². The minimum atomic E-state index is -0.389. The summed E-state index contributed by atoms with van der Waals surface area (Å²) in [6, 6.07) is 8.31. The second-order valence-electron chi connectivity index (χ2n) is 4.56. The largest absolute Gasteiger partial charge is 0.349 e. The van der Waals surface area contributed by atoms with Crippen LogP contribution in [0.1, 0.15) is 16.3 Å². The zero-order chi connectivity index (χ0) is 15.0. The summed E-state index contributed by atoms with van der Waals surface area (Å²) in [7, 11) is 0. The van der Waals surface area contributed by atoms with Crippen LogP contribution in [0.15, 0.2) is 35.1 Å². The second-order valence-corrected chi connectivity index (χ2v) is 4.96. The molecule has 0 radical (unpaired) electrons. The number of aromatic amines is 2. The van der Waals surface area contributed by atoms with E-state index in [-0.39, 0.29) is 17.3 Å². The van der Waals surface area contributed by atoms with Gasteiger partial charge in [0.05, 0.1) is 10.5 Å². The van der Waals surface area contributed by atoms with Crippen molar-refractivity contribution in [2.45, 2.75) is 6.92 Å². The van der Waals surface area contributed by atoms with Crippen molar-refractivity contribution < 1.29 is 4.79 Å².